The molecule has 6 aromatic rings. The third-order valence-electron chi connectivity index (χ3n) is 9.12. The van der Waals surface area contributed by atoms with E-state index in [2.05, 4.69) is 46.1 Å². The molecule has 0 saturated carbocycles. The van der Waals surface area contributed by atoms with Crippen LogP contribution >= 0.6 is 11.6 Å². The predicted molar refractivity (Wildman–Crippen MR) is 203 cm³/mol. The highest BCUT2D eigenvalue weighted by Gasteiger charge is 2.39. The zero-order chi connectivity index (χ0) is 44.4. The van der Waals surface area contributed by atoms with Crippen LogP contribution in [0.4, 0.5) is 61.4 Å². The van der Waals surface area contributed by atoms with E-state index in [0.717, 1.165) is 59.8 Å². The van der Waals surface area contributed by atoms with Gasteiger partial charge >= 0.3 is 12.4 Å². The number of rotatable bonds is 17. The molecule has 14 nitrogen and oxygen atoms in total. The summed E-state index contributed by atoms with van der Waals surface area (Å²) in [6, 6.07) is -1.17. The fourth-order valence-electron chi connectivity index (χ4n) is 6.00. The van der Waals surface area contributed by atoms with Gasteiger partial charge in [0.2, 0.25) is 0 Å². The van der Waals surface area contributed by atoms with Crippen molar-refractivity contribution in [3.05, 3.63) is 65.3 Å². The Balaban J connectivity index is 1.28. The molecular weight excluding hydrogens is 858 g/mol. The SMILES string of the molecule is CNCCCOc1cc(F)c(-c2c(N(C)CCCOc3cc(F)c(-c4c(Cl)nc5ncnn5c4N[C@@H](C)C(F)(F)F)c(F)c3)nc3ncnn3c2N[C@@H](C)C(F)(F)F)c(F)c1. The second-order valence-electron chi connectivity index (χ2n) is 13.5. The van der Waals surface area contributed by atoms with Gasteiger partial charge in [-0.1, -0.05) is 11.6 Å². The fraction of sp³-hybridized carbons (Fsp3) is 0.389. The van der Waals surface area contributed by atoms with Gasteiger partial charge in [-0.15, -0.1) is 0 Å². The number of aromatic nitrogens is 8. The van der Waals surface area contributed by atoms with Crippen LogP contribution in [0.5, 0.6) is 11.5 Å². The van der Waals surface area contributed by atoms with Crippen LogP contribution in [0, 0.1) is 23.3 Å². The number of ether oxygens (including phenoxy) is 2. The van der Waals surface area contributed by atoms with Crippen LogP contribution < -0.4 is 30.3 Å². The topological polar surface area (TPSA) is 144 Å². The van der Waals surface area contributed by atoms with E-state index in [4.69, 9.17) is 21.1 Å². The summed E-state index contributed by atoms with van der Waals surface area (Å²) >= 11 is 6.25. The Morgan fingerprint density at radius 2 is 1.13 bits per heavy atom. The number of fused-ring (bicyclic) bond motifs is 2. The van der Waals surface area contributed by atoms with Gasteiger partial charge in [0.25, 0.3) is 11.6 Å². The summed E-state index contributed by atoms with van der Waals surface area (Å²) < 4.78 is 158. The first-order chi connectivity index (χ1) is 28.8. The van der Waals surface area contributed by atoms with E-state index in [1.807, 2.05) is 0 Å². The normalized spacial score (nSPS) is 13.2. The van der Waals surface area contributed by atoms with Gasteiger partial charge in [-0.3, -0.25) is 0 Å². The van der Waals surface area contributed by atoms with Crippen LogP contribution in [0.1, 0.15) is 26.7 Å². The highest BCUT2D eigenvalue weighted by molar-refractivity contribution is 6.33. The van der Waals surface area contributed by atoms with Crippen molar-refractivity contribution in [1.82, 2.24) is 44.5 Å². The summed E-state index contributed by atoms with van der Waals surface area (Å²) in [6.45, 7) is 1.91. The summed E-state index contributed by atoms with van der Waals surface area (Å²) in [4.78, 5) is 17.4. The molecular formula is C36H35ClF10N12O2. The smallest absolute Gasteiger partial charge is 0.408 e. The first-order valence-corrected chi connectivity index (χ1v) is 18.6. The molecule has 0 amide bonds. The minimum Gasteiger partial charge on any atom is -0.493 e. The number of hydrogen-bond donors (Lipinski definition) is 3. The van der Waals surface area contributed by atoms with Gasteiger partial charge < -0.3 is 30.3 Å². The number of nitrogens with zero attached hydrogens (tertiary/aromatic N) is 9. The Labute approximate surface area is 344 Å². The lowest BCUT2D eigenvalue weighted by atomic mass is 10.0. The van der Waals surface area contributed by atoms with E-state index >= 15 is 17.6 Å². The largest absolute Gasteiger partial charge is 0.493 e. The Hall–Kier alpha value is -5.91. The average Bonchev–Trinajstić information content (AvgIpc) is 3.85. The van der Waals surface area contributed by atoms with Crippen LogP contribution in [0.25, 0.3) is 33.8 Å². The van der Waals surface area contributed by atoms with Crippen molar-refractivity contribution in [3.63, 3.8) is 0 Å². The molecule has 0 spiro atoms. The van der Waals surface area contributed by atoms with Gasteiger partial charge in [0.15, 0.2) is 0 Å². The highest BCUT2D eigenvalue weighted by atomic mass is 35.5. The first kappa shape index (κ1) is 44.6. The number of alkyl halides is 6. The van der Waals surface area contributed by atoms with Crippen molar-refractivity contribution < 1.29 is 53.4 Å². The lowest BCUT2D eigenvalue weighted by Crippen LogP contribution is -2.34. The number of anilines is 3. The molecule has 0 aliphatic rings. The maximum Gasteiger partial charge on any atom is 0.408 e. The lowest BCUT2D eigenvalue weighted by Gasteiger charge is -2.26. The maximum absolute atomic E-state index is 16.0. The van der Waals surface area contributed by atoms with E-state index in [1.165, 1.54) is 11.9 Å². The number of halogens is 11. The Morgan fingerprint density at radius 1 is 0.689 bits per heavy atom. The Bertz CT molecular complexity index is 2470. The van der Waals surface area contributed by atoms with Gasteiger partial charge in [-0.2, -0.15) is 65.5 Å². The van der Waals surface area contributed by atoms with E-state index in [-0.39, 0.29) is 55.1 Å². The van der Waals surface area contributed by atoms with Crippen molar-refractivity contribution in [1.29, 1.82) is 0 Å². The van der Waals surface area contributed by atoms with Crippen molar-refractivity contribution >= 4 is 40.6 Å². The van der Waals surface area contributed by atoms with Crippen LogP contribution in [0.3, 0.4) is 0 Å². The third kappa shape index (κ3) is 9.69. The minimum absolute atomic E-state index is 0.0225. The quantitative estimate of drug-likeness (QED) is 0.0469. The fourth-order valence-corrected chi connectivity index (χ4v) is 6.26. The molecule has 0 bridgehead atoms. The molecule has 0 radical (unpaired) electrons. The van der Waals surface area contributed by atoms with Gasteiger partial charge in [0, 0.05) is 37.9 Å². The predicted octanol–water partition coefficient (Wildman–Crippen LogP) is 7.72. The molecule has 2 aromatic carbocycles. The zero-order valence-electron chi connectivity index (χ0n) is 32.4. The molecule has 0 unspecified atom stereocenters. The van der Waals surface area contributed by atoms with E-state index in [1.54, 1.807) is 7.05 Å². The van der Waals surface area contributed by atoms with Gasteiger partial charge in [-0.25, -0.2) is 17.6 Å². The monoisotopic (exact) mass is 892 g/mol. The zero-order valence-corrected chi connectivity index (χ0v) is 33.1. The molecule has 0 aliphatic carbocycles. The van der Waals surface area contributed by atoms with Crippen molar-refractivity contribution in [2.75, 3.05) is 55.9 Å². The van der Waals surface area contributed by atoms with E-state index < -0.39 is 86.7 Å². The lowest BCUT2D eigenvalue weighted by molar-refractivity contribution is -0.139. The molecule has 4 aromatic heterocycles. The maximum atomic E-state index is 16.0. The van der Waals surface area contributed by atoms with Crippen LogP contribution in [-0.2, 0) is 0 Å². The summed E-state index contributed by atoms with van der Waals surface area (Å²) in [5.74, 6) is -7.20. The van der Waals surface area contributed by atoms with Gasteiger partial charge in [0.1, 0.15) is 82.1 Å². The van der Waals surface area contributed by atoms with Crippen LogP contribution in [-0.4, -0.2) is 104 Å². The number of nitrogens with one attached hydrogen (secondary N) is 3. The second-order valence-corrected chi connectivity index (χ2v) is 13.9. The van der Waals surface area contributed by atoms with Crippen molar-refractivity contribution in [3.8, 4) is 33.8 Å². The Kier molecular flexibility index (Phi) is 13.2. The molecule has 6 rings (SSSR count). The number of benzene rings is 2. The second kappa shape index (κ2) is 18.0. The average molecular weight is 893 g/mol. The molecule has 4 heterocycles. The van der Waals surface area contributed by atoms with Gasteiger partial charge in [0.05, 0.1) is 35.5 Å². The van der Waals surface area contributed by atoms with Gasteiger partial charge in [-0.05, 0) is 40.3 Å². The van der Waals surface area contributed by atoms with Crippen molar-refractivity contribution in [2.45, 2.75) is 51.1 Å². The summed E-state index contributed by atoms with van der Waals surface area (Å²) in [5.41, 5.74) is -2.62. The third-order valence-corrected chi connectivity index (χ3v) is 9.39. The molecule has 25 heteroatoms. The van der Waals surface area contributed by atoms with Crippen molar-refractivity contribution in [2.24, 2.45) is 0 Å². The molecule has 2 atom stereocenters. The molecule has 0 saturated heterocycles. The standard InChI is InChI=1S/C36H35ClF10N12O2/c1-17(35(42,43)44)53-31-27(29(37)55-33-49-15-51-58(31)33)25-21(38)11-20(12-22(25)39)61-10-6-8-57(4)30-28(26-23(40)13-19(14-24(26)41)60-9-5-7-48-3)32(54-18(2)36(45,46)47)59-34(56-30)50-16-52-59/h11-18,48,53-54H,5-10H2,1-4H3/t17-,18-/m0/s1. The van der Waals surface area contributed by atoms with E-state index in [9.17, 15) is 26.3 Å². The first-order valence-electron chi connectivity index (χ1n) is 18.2. The molecule has 3 N–H and O–H groups in total. The molecule has 61 heavy (non-hydrogen) atoms. The highest BCUT2D eigenvalue weighted by Crippen LogP contribution is 2.43. The Morgan fingerprint density at radius 3 is 1.61 bits per heavy atom. The molecule has 0 aliphatic heterocycles. The minimum atomic E-state index is -4.81. The summed E-state index contributed by atoms with van der Waals surface area (Å²) in [7, 11) is 3.14. The molecule has 0 fully saturated rings. The van der Waals surface area contributed by atoms with Crippen LogP contribution in [0.2, 0.25) is 5.15 Å². The summed E-state index contributed by atoms with van der Waals surface area (Å²) in [6.07, 6.45) is -7.12. The van der Waals surface area contributed by atoms with Crippen LogP contribution in [0.15, 0.2) is 36.9 Å². The molecule has 328 valence electrons. The summed E-state index contributed by atoms with van der Waals surface area (Å²) in [5, 5.41) is 14.5. The van der Waals surface area contributed by atoms with E-state index in [0.29, 0.717) is 13.0 Å². The number of hydrogen-bond acceptors (Lipinski definition) is 12.